The van der Waals surface area contributed by atoms with Gasteiger partial charge in [-0.05, 0) is 77.4 Å². The zero-order valence-corrected chi connectivity index (χ0v) is 30.4. The first kappa shape index (κ1) is 32.6. The molecule has 0 aliphatic carbocycles. The molecular formula is C43H35Br2N3O2. The number of nitrogens with zero attached hydrogens (tertiary/aromatic N) is 1. The van der Waals surface area contributed by atoms with E-state index in [9.17, 15) is 4.79 Å². The van der Waals surface area contributed by atoms with E-state index in [-0.39, 0.29) is 23.7 Å². The van der Waals surface area contributed by atoms with E-state index in [1.165, 1.54) is 0 Å². The summed E-state index contributed by atoms with van der Waals surface area (Å²) in [6, 6.07) is 44.4. The summed E-state index contributed by atoms with van der Waals surface area (Å²) in [6.07, 6.45) is 6.83. The van der Waals surface area contributed by atoms with Crippen LogP contribution in [0, 0.1) is 5.41 Å². The Morgan fingerprint density at radius 2 is 1.38 bits per heavy atom. The van der Waals surface area contributed by atoms with Gasteiger partial charge in [0.2, 0.25) is 0 Å². The predicted molar refractivity (Wildman–Crippen MR) is 207 cm³/mol. The highest BCUT2D eigenvalue weighted by atomic mass is 79.9. The smallest absolute Gasteiger partial charge is 0.250 e. The molecule has 0 radical (unpaired) electrons. The van der Waals surface area contributed by atoms with Crippen molar-refractivity contribution in [2.45, 2.75) is 23.9 Å². The summed E-state index contributed by atoms with van der Waals surface area (Å²) in [7, 11) is 0. The average Bonchev–Trinajstić information content (AvgIpc) is 3.58. The minimum atomic E-state index is -1.34. The first-order chi connectivity index (χ1) is 24.4. The second kappa shape index (κ2) is 13.3. The van der Waals surface area contributed by atoms with E-state index in [0.717, 1.165) is 42.5 Å². The van der Waals surface area contributed by atoms with Crippen molar-refractivity contribution in [2.24, 2.45) is 5.41 Å². The normalized spacial score (nSPS) is 25.2. The number of carbonyl (C=O) groups excluding carboxylic acids is 2. The van der Waals surface area contributed by atoms with Gasteiger partial charge in [0.05, 0.1) is 5.41 Å². The first-order valence-corrected chi connectivity index (χ1v) is 18.4. The van der Waals surface area contributed by atoms with Crippen LogP contribution in [0.1, 0.15) is 33.7 Å². The maximum atomic E-state index is 15.8. The molecule has 3 aliphatic heterocycles. The van der Waals surface area contributed by atoms with Crippen molar-refractivity contribution in [3.05, 3.63) is 182 Å². The van der Waals surface area contributed by atoms with Crippen LogP contribution in [-0.4, -0.2) is 35.7 Å². The van der Waals surface area contributed by atoms with Gasteiger partial charge >= 0.3 is 0 Å². The average molecular weight is 786 g/mol. The van der Waals surface area contributed by atoms with Gasteiger partial charge in [-0.3, -0.25) is 14.9 Å². The van der Waals surface area contributed by atoms with E-state index in [4.69, 9.17) is 0 Å². The molecule has 1 amide bonds. The molecule has 3 aliphatic rings. The molecule has 1 unspecified atom stereocenters. The maximum absolute atomic E-state index is 15.8. The van der Waals surface area contributed by atoms with Gasteiger partial charge in [0.1, 0.15) is 5.54 Å². The summed E-state index contributed by atoms with van der Waals surface area (Å²) >= 11 is 7.20. The molecule has 0 bridgehead atoms. The summed E-state index contributed by atoms with van der Waals surface area (Å²) in [5, 5.41) is 7.14. The van der Waals surface area contributed by atoms with E-state index in [2.05, 4.69) is 96.1 Å². The Hall–Kier alpha value is -4.56. The number of carbonyl (C=O) groups is 2. The highest BCUT2D eigenvalue weighted by Gasteiger charge is 2.74. The number of anilines is 1. The van der Waals surface area contributed by atoms with Crippen LogP contribution in [0.2, 0.25) is 0 Å². The molecule has 5 aromatic carbocycles. The molecule has 7 heteroatoms. The maximum Gasteiger partial charge on any atom is 0.250 e. The van der Waals surface area contributed by atoms with Crippen LogP contribution in [-0.2, 0) is 21.5 Å². The van der Waals surface area contributed by atoms with Gasteiger partial charge in [-0.25, -0.2) is 0 Å². The van der Waals surface area contributed by atoms with Crippen LogP contribution in [0.15, 0.2) is 154 Å². The molecule has 2 N–H and O–H groups in total. The lowest BCUT2D eigenvalue weighted by molar-refractivity contribution is -0.141. The van der Waals surface area contributed by atoms with Crippen LogP contribution in [0.5, 0.6) is 0 Å². The van der Waals surface area contributed by atoms with E-state index in [1.54, 1.807) is 0 Å². The van der Waals surface area contributed by atoms with Crippen LogP contribution < -0.4 is 10.6 Å². The number of Topliss-reactive ketones (excluding diaryl/α,β-unsaturated/α-hetero) is 1. The van der Waals surface area contributed by atoms with E-state index >= 15 is 4.79 Å². The number of rotatable bonds is 6. The van der Waals surface area contributed by atoms with Gasteiger partial charge < -0.3 is 10.2 Å². The number of benzene rings is 5. The van der Waals surface area contributed by atoms with E-state index < -0.39 is 11.0 Å². The number of ketones is 1. The third-order valence-corrected chi connectivity index (χ3v) is 11.5. The fourth-order valence-corrected chi connectivity index (χ4v) is 8.95. The third-order valence-electron chi connectivity index (χ3n) is 10.5. The Morgan fingerprint density at radius 3 is 2.10 bits per heavy atom. The molecule has 5 nitrogen and oxygen atoms in total. The quantitative estimate of drug-likeness (QED) is 0.169. The molecule has 2 spiro atoms. The molecular weight excluding hydrogens is 750 g/mol. The highest BCUT2D eigenvalue weighted by molar-refractivity contribution is 9.10. The third kappa shape index (κ3) is 5.58. The molecule has 0 aromatic heterocycles. The number of likely N-dealkylation sites (tertiary alicyclic amines) is 1. The SMILES string of the molecule is O=C1Nc2ccccc2C12N[C@H](Cc1ccccc1)[C@@H](c1ccc(Br)cc1)[C@@]21CN(/C=C/c2ccccc2)C/C(=C\c2ccc(Br)cc2)C1=O. The second-order valence-electron chi connectivity index (χ2n) is 13.4. The number of fused-ring (bicyclic) bond motifs is 3. The molecule has 4 atom stereocenters. The number of halogens is 2. The van der Waals surface area contributed by atoms with E-state index in [1.807, 2.05) is 103 Å². The fraction of sp³-hybridized carbons (Fsp3) is 0.163. The summed E-state index contributed by atoms with van der Waals surface area (Å²) in [5.74, 6) is -0.560. The molecule has 50 heavy (non-hydrogen) atoms. The van der Waals surface area contributed by atoms with Crippen molar-refractivity contribution in [2.75, 3.05) is 18.4 Å². The first-order valence-electron chi connectivity index (χ1n) is 16.8. The number of piperidine rings is 1. The van der Waals surface area contributed by atoms with Crippen LogP contribution in [0.3, 0.4) is 0 Å². The molecule has 0 saturated carbocycles. The lowest BCUT2D eigenvalue weighted by atomic mass is 9.55. The molecule has 248 valence electrons. The summed E-state index contributed by atoms with van der Waals surface area (Å²) in [6.45, 7) is 0.753. The summed E-state index contributed by atoms with van der Waals surface area (Å²) < 4.78 is 1.92. The second-order valence-corrected chi connectivity index (χ2v) is 15.2. The monoisotopic (exact) mass is 783 g/mol. The van der Waals surface area contributed by atoms with Crippen molar-refractivity contribution in [3.63, 3.8) is 0 Å². The molecule has 8 rings (SSSR count). The lowest BCUT2D eigenvalue weighted by Crippen LogP contribution is -2.65. The fourth-order valence-electron chi connectivity index (χ4n) is 8.42. The number of nitrogens with one attached hydrogen (secondary N) is 2. The van der Waals surface area contributed by atoms with Crippen molar-refractivity contribution >= 4 is 61.4 Å². The molecule has 5 aromatic rings. The van der Waals surface area contributed by atoms with Crippen LogP contribution in [0.4, 0.5) is 5.69 Å². The summed E-state index contributed by atoms with van der Waals surface area (Å²) in [4.78, 5) is 33.0. The number of amides is 1. The Kier molecular flexibility index (Phi) is 8.67. The standard InChI is InChI=1S/C43H35Br2N3O2/c44-34-19-15-31(16-20-34)25-33-27-48(24-23-29-9-3-1-4-10-29)28-42(40(33)49)39(32-17-21-35(45)22-18-32)38(26-30-11-5-2-6-12-30)47-43(42)36-13-7-8-14-37(36)46-41(43)50/h1-25,38-39,47H,26-28H2,(H,46,50)/b24-23+,33-25+/t38-,39-,42-,43?/m1/s1. The Labute approximate surface area is 309 Å². The highest BCUT2D eigenvalue weighted by Crippen LogP contribution is 2.63. The van der Waals surface area contributed by atoms with Crippen molar-refractivity contribution < 1.29 is 9.59 Å². The van der Waals surface area contributed by atoms with Gasteiger partial charge in [0.25, 0.3) is 5.91 Å². The Morgan fingerprint density at radius 1 is 0.740 bits per heavy atom. The Bertz CT molecular complexity index is 2120. The van der Waals surface area contributed by atoms with Crippen LogP contribution >= 0.6 is 31.9 Å². The summed E-state index contributed by atoms with van der Waals surface area (Å²) in [5.41, 5.74) is 3.80. The zero-order chi connectivity index (χ0) is 34.3. The van der Waals surface area contributed by atoms with Gasteiger partial charge in [0, 0.05) is 50.8 Å². The minimum Gasteiger partial charge on any atom is -0.372 e. The number of hydrogen-bond acceptors (Lipinski definition) is 4. The van der Waals surface area contributed by atoms with Gasteiger partial charge in [-0.2, -0.15) is 0 Å². The molecule has 2 saturated heterocycles. The minimum absolute atomic E-state index is 0.00684. The van der Waals surface area contributed by atoms with Gasteiger partial charge in [0.15, 0.2) is 5.78 Å². The van der Waals surface area contributed by atoms with Crippen molar-refractivity contribution in [1.29, 1.82) is 0 Å². The number of hydrogen-bond donors (Lipinski definition) is 2. The van der Waals surface area contributed by atoms with Crippen molar-refractivity contribution in [1.82, 2.24) is 10.2 Å². The Balaban J connectivity index is 1.39. The largest absolute Gasteiger partial charge is 0.372 e. The zero-order valence-electron chi connectivity index (χ0n) is 27.2. The van der Waals surface area contributed by atoms with Crippen molar-refractivity contribution in [3.8, 4) is 0 Å². The predicted octanol–water partition coefficient (Wildman–Crippen LogP) is 8.98. The molecule has 2 fully saturated rings. The lowest BCUT2D eigenvalue weighted by Gasteiger charge is -2.50. The molecule has 3 heterocycles. The van der Waals surface area contributed by atoms with E-state index in [0.29, 0.717) is 25.1 Å². The topological polar surface area (TPSA) is 61.4 Å². The van der Waals surface area contributed by atoms with Gasteiger partial charge in [-0.1, -0.05) is 135 Å². The van der Waals surface area contributed by atoms with Gasteiger partial charge in [-0.15, -0.1) is 0 Å². The van der Waals surface area contributed by atoms with Crippen LogP contribution in [0.25, 0.3) is 12.2 Å². The number of para-hydroxylation sites is 1.